The van der Waals surface area contributed by atoms with Gasteiger partial charge < -0.3 is 10.5 Å². The zero-order chi connectivity index (χ0) is 15.6. The van der Waals surface area contributed by atoms with E-state index in [2.05, 4.69) is 26.0 Å². The molecule has 0 unspecified atom stereocenters. The first-order chi connectivity index (χ1) is 9.88. The predicted molar refractivity (Wildman–Crippen MR) is 92.7 cm³/mol. The third kappa shape index (κ3) is 3.74. The first kappa shape index (κ1) is 15.8. The Morgan fingerprint density at radius 1 is 1.14 bits per heavy atom. The number of aryl methyl sites for hydroxylation is 1. The summed E-state index contributed by atoms with van der Waals surface area (Å²) in [7, 11) is 0. The predicted octanol–water partition coefficient (Wildman–Crippen LogP) is 5.20. The first-order valence-corrected chi connectivity index (χ1v) is 7.55. The van der Waals surface area contributed by atoms with Gasteiger partial charge in [-0.05, 0) is 42.2 Å². The molecule has 0 atom stereocenters. The van der Waals surface area contributed by atoms with Crippen molar-refractivity contribution in [3.05, 3.63) is 58.1 Å². The van der Waals surface area contributed by atoms with Gasteiger partial charge in [0, 0.05) is 11.1 Å². The fourth-order valence-electron chi connectivity index (χ4n) is 1.99. The van der Waals surface area contributed by atoms with E-state index in [9.17, 15) is 0 Å². The van der Waals surface area contributed by atoms with Gasteiger partial charge in [0.1, 0.15) is 16.5 Å². The van der Waals surface area contributed by atoms with Crippen LogP contribution in [0.25, 0.3) is 0 Å². The molecule has 110 valence electrons. The SMILES string of the molecule is Cc1ccc(C(C)C)cc1Oc1cc(Cl)ccc1C(N)=S. The van der Waals surface area contributed by atoms with Crippen LogP contribution in [0.2, 0.25) is 5.02 Å². The van der Waals surface area contributed by atoms with Gasteiger partial charge >= 0.3 is 0 Å². The van der Waals surface area contributed by atoms with E-state index in [-0.39, 0.29) is 0 Å². The number of thiocarbonyl (C=S) groups is 1. The normalized spacial score (nSPS) is 10.7. The Morgan fingerprint density at radius 2 is 1.86 bits per heavy atom. The summed E-state index contributed by atoms with van der Waals surface area (Å²) in [5, 5.41) is 0.586. The molecule has 2 aromatic carbocycles. The molecule has 0 aromatic heterocycles. The first-order valence-electron chi connectivity index (χ1n) is 6.76. The topological polar surface area (TPSA) is 35.2 Å². The summed E-state index contributed by atoms with van der Waals surface area (Å²) in [5.74, 6) is 1.81. The van der Waals surface area contributed by atoms with Gasteiger partial charge in [0.05, 0.1) is 5.56 Å². The Morgan fingerprint density at radius 3 is 2.48 bits per heavy atom. The van der Waals surface area contributed by atoms with Crippen molar-refractivity contribution in [2.45, 2.75) is 26.7 Å². The van der Waals surface area contributed by atoms with E-state index in [1.165, 1.54) is 5.56 Å². The van der Waals surface area contributed by atoms with Crippen LogP contribution >= 0.6 is 23.8 Å². The van der Waals surface area contributed by atoms with Crippen molar-refractivity contribution in [2.75, 3.05) is 0 Å². The second-order valence-electron chi connectivity index (χ2n) is 5.29. The Hall–Kier alpha value is -1.58. The minimum Gasteiger partial charge on any atom is -0.456 e. The monoisotopic (exact) mass is 319 g/mol. The molecule has 0 bridgehead atoms. The Labute approximate surface area is 135 Å². The molecule has 0 spiro atoms. The minimum atomic E-state index is 0.291. The summed E-state index contributed by atoms with van der Waals surface area (Å²) in [6.45, 7) is 6.30. The Kier molecular flexibility index (Phi) is 4.86. The van der Waals surface area contributed by atoms with E-state index >= 15 is 0 Å². The van der Waals surface area contributed by atoms with Crippen molar-refractivity contribution in [1.82, 2.24) is 0 Å². The average molecular weight is 320 g/mol. The molecule has 4 heteroatoms. The smallest absolute Gasteiger partial charge is 0.139 e. The highest BCUT2D eigenvalue weighted by molar-refractivity contribution is 7.80. The summed E-state index contributed by atoms with van der Waals surface area (Å²) in [6, 6.07) is 11.5. The summed E-state index contributed by atoms with van der Waals surface area (Å²) < 4.78 is 6.02. The van der Waals surface area contributed by atoms with Crippen LogP contribution in [-0.4, -0.2) is 4.99 Å². The molecule has 0 fully saturated rings. The lowest BCUT2D eigenvalue weighted by Crippen LogP contribution is -2.10. The maximum atomic E-state index is 6.05. The molecular weight excluding hydrogens is 302 g/mol. The molecule has 0 aliphatic rings. The maximum Gasteiger partial charge on any atom is 0.139 e. The molecule has 0 saturated carbocycles. The van der Waals surface area contributed by atoms with E-state index < -0.39 is 0 Å². The van der Waals surface area contributed by atoms with E-state index in [0.29, 0.717) is 27.2 Å². The van der Waals surface area contributed by atoms with Crippen molar-refractivity contribution >= 4 is 28.8 Å². The molecule has 0 aliphatic carbocycles. The molecule has 0 aliphatic heterocycles. The van der Waals surface area contributed by atoms with E-state index in [0.717, 1.165) is 11.3 Å². The number of hydrogen-bond donors (Lipinski definition) is 1. The number of nitrogens with two attached hydrogens (primary N) is 1. The molecule has 0 heterocycles. The fourth-order valence-corrected chi connectivity index (χ4v) is 2.32. The zero-order valence-corrected chi connectivity index (χ0v) is 13.9. The van der Waals surface area contributed by atoms with Gasteiger partial charge in [-0.15, -0.1) is 0 Å². The van der Waals surface area contributed by atoms with Gasteiger partial charge in [-0.3, -0.25) is 0 Å². The van der Waals surface area contributed by atoms with Crippen molar-refractivity contribution in [3.63, 3.8) is 0 Å². The molecule has 2 N–H and O–H groups in total. The number of halogens is 1. The molecule has 21 heavy (non-hydrogen) atoms. The Balaban J connectivity index is 2.44. The van der Waals surface area contributed by atoms with Crippen molar-refractivity contribution < 1.29 is 4.74 Å². The molecule has 2 aromatic rings. The highest BCUT2D eigenvalue weighted by Crippen LogP contribution is 2.32. The molecule has 2 rings (SSSR count). The third-order valence-corrected chi connectivity index (χ3v) is 3.76. The summed E-state index contributed by atoms with van der Waals surface area (Å²) in [6.07, 6.45) is 0. The highest BCUT2D eigenvalue weighted by atomic mass is 35.5. The lowest BCUT2D eigenvalue weighted by atomic mass is 10.0. The number of hydrogen-bond acceptors (Lipinski definition) is 2. The van der Waals surface area contributed by atoms with E-state index in [4.69, 9.17) is 34.3 Å². The molecule has 0 saturated heterocycles. The van der Waals surface area contributed by atoms with Gasteiger partial charge in [0.15, 0.2) is 0 Å². The van der Waals surface area contributed by atoms with Gasteiger partial charge in [0.25, 0.3) is 0 Å². The van der Waals surface area contributed by atoms with Crippen LogP contribution in [0.15, 0.2) is 36.4 Å². The van der Waals surface area contributed by atoms with Crippen LogP contribution in [-0.2, 0) is 0 Å². The molecular formula is C17H18ClNOS. The molecule has 0 radical (unpaired) electrons. The van der Waals surface area contributed by atoms with Gasteiger partial charge in [-0.1, -0.05) is 49.8 Å². The van der Waals surface area contributed by atoms with Gasteiger partial charge in [-0.2, -0.15) is 0 Å². The highest BCUT2D eigenvalue weighted by Gasteiger charge is 2.11. The number of rotatable bonds is 4. The average Bonchev–Trinajstić information content (AvgIpc) is 2.40. The van der Waals surface area contributed by atoms with Crippen molar-refractivity contribution in [1.29, 1.82) is 0 Å². The van der Waals surface area contributed by atoms with Crippen LogP contribution in [0.1, 0.15) is 36.5 Å². The van der Waals surface area contributed by atoms with Crippen molar-refractivity contribution in [2.24, 2.45) is 5.73 Å². The minimum absolute atomic E-state index is 0.291. The van der Waals surface area contributed by atoms with Crippen LogP contribution in [0.3, 0.4) is 0 Å². The van der Waals surface area contributed by atoms with Gasteiger partial charge in [0.2, 0.25) is 0 Å². The third-order valence-electron chi connectivity index (χ3n) is 3.31. The van der Waals surface area contributed by atoms with Crippen LogP contribution in [0.5, 0.6) is 11.5 Å². The van der Waals surface area contributed by atoms with Crippen molar-refractivity contribution in [3.8, 4) is 11.5 Å². The van der Waals surface area contributed by atoms with E-state index in [1.54, 1.807) is 18.2 Å². The Bertz CT molecular complexity index is 682. The van der Waals surface area contributed by atoms with Crippen LogP contribution in [0, 0.1) is 6.92 Å². The summed E-state index contributed by atoms with van der Waals surface area (Å²) in [5.41, 5.74) is 8.69. The van der Waals surface area contributed by atoms with Crippen LogP contribution in [0.4, 0.5) is 0 Å². The zero-order valence-electron chi connectivity index (χ0n) is 12.3. The largest absolute Gasteiger partial charge is 0.456 e. The van der Waals surface area contributed by atoms with Gasteiger partial charge in [-0.25, -0.2) is 0 Å². The number of ether oxygens (including phenoxy) is 1. The lowest BCUT2D eigenvalue weighted by Gasteiger charge is -2.15. The summed E-state index contributed by atoms with van der Waals surface area (Å²) in [4.78, 5) is 0.291. The van der Waals surface area contributed by atoms with Crippen LogP contribution < -0.4 is 10.5 Å². The van der Waals surface area contributed by atoms with E-state index in [1.807, 2.05) is 13.0 Å². The number of benzene rings is 2. The fraction of sp³-hybridized carbons (Fsp3) is 0.235. The quantitative estimate of drug-likeness (QED) is 0.787. The summed E-state index contributed by atoms with van der Waals surface area (Å²) >= 11 is 11.1. The molecule has 2 nitrogen and oxygen atoms in total. The standard InChI is InChI=1S/C17H18ClNOS/c1-10(2)12-5-4-11(3)15(8-12)20-16-9-13(18)6-7-14(16)17(19)21/h4-10H,1-3H3,(H2,19,21). The maximum absolute atomic E-state index is 6.05. The second-order valence-corrected chi connectivity index (χ2v) is 6.16. The molecule has 0 amide bonds. The second kappa shape index (κ2) is 6.46. The lowest BCUT2D eigenvalue weighted by molar-refractivity contribution is 0.477.